The van der Waals surface area contributed by atoms with Crippen LogP contribution in [0.2, 0.25) is 0 Å². The maximum atomic E-state index is 11.7. The summed E-state index contributed by atoms with van der Waals surface area (Å²) in [5.74, 6) is 0.391. The second-order valence-corrected chi connectivity index (χ2v) is 4.99. The van der Waals surface area contributed by atoms with Gasteiger partial charge < -0.3 is 15.8 Å². The van der Waals surface area contributed by atoms with E-state index in [1.54, 1.807) is 7.11 Å². The number of amides is 1. The fourth-order valence-electron chi connectivity index (χ4n) is 2.09. The van der Waals surface area contributed by atoms with Crippen molar-refractivity contribution in [1.82, 2.24) is 5.32 Å². The number of carbonyl (C=O) groups is 1. The largest absolute Gasteiger partial charge is 0.379 e. The van der Waals surface area contributed by atoms with Gasteiger partial charge in [-0.25, -0.2) is 0 Å². The molecule has 1 amide bonds. The van der Waals surface area contributed by atoms with Gasteiger partial charge in [-0.1, -0.05) is 13.8 Å². The Hall–Kier alpha value is -0.610. The van der Waals surface area contributed by atoms with Gasteiger partial charge in [0.2, 0.25) is 5.91 Å². The van der Waals surface area contributed by atoms with E-state index < -0.39 is 0 Å². The molecule has 0 bridgehead atoms. The summed E-state index contributed by atoms with van der Waals surface area (Å²) >= 11 is 0. The minimum Gasteiger partial charge on any atom is -0.379 e. The Morgan fingerprint density at radius 1 is 1.50 bits per heavy atom. The Morgan fingerprint density at radius 2 is 2.19 bits per heavy atom. The Balaban J connectivity index is 2.33. The molecule has 16 heavy (non-hydrogen) atoms. The number of hydrogen-bond donors (Lipinski definition) is 2. The highest BCUT2D eigenvalue weighted by atomic mass is 16.5. The van der Waals surface area contributed by atoms with Crippen molar-refractivity contribution in [1.29, 1.82) is 0 Å². The third-order valence-corrected chi connectivity index (χ3v) is 3.38. The minimum absolute atomic E-state index is 0.0511. The van der Waals surface area contributed by atoms with Gasteiger partial charge in [0.1, 0.15) is 0 Å². The van der Waals surface area contributed by atoms with Gasteiger partial charge in [0.05, 0.1) is 12.1 Å². The highest BCUT2D eigenvalue weighted by Gasteiger charge is 2.28. The number of rotatable bonds is 5. The second-order valence-electron chi connectivity index (χ2n) is 4.99. The first kappa shape index (κ1) is 13.5. The normalized spacial score (nSPS) is 27.1. The van der Waals surface area contributed by atoms with Crippen LogP contribution < -0.4 is 11.1 Å². The second kappa shape index (κ2) is 6.21. The molecule has 1 rings (SSSR count). The summed E-state index contributed by atoms with van der Waals surface area (Å²) in [5, 5.41) is 3.02. The van der Waals surface area contributed by atoms with Crippen LogP contribution in [0.3, 0.4) is 0 Å². The quantitative estimate of drug-likeness (QED) is 0.739. The summed E-state index contributed by atoms with van der Waals surface area (Å²) in [7, 11) is 1.70. The van der Waals surface area contributed by atoms with E-state index in [1.807, 2.05) is 13.8 Å². The average molecular weight is 228 g/mol. The zero-order chi connectivity index (χ0) is 12.1. The van der Waals surface area contributed by atoms with Crippen LogP contribution in [0.25, 0.3) is 0 Å². The summed E-state index contributed by atoms with van der Waals surface area (Å²) in [6.07, 6.45) is 3.77. The molecular weight excluding hydrogens is 204 g/mol. The summed E-state index contributed by atoms with van der Waals surface area (Å²) in [6.45, 7) is 4.07. The lowest BCUT2D eigenvalue weighted by Crippen LogP contribution is -2.43. The van der Waals surface area contributed by atoms with Crippen molar-refractivity contribution in [2.75, 3.05) is 7.11 Å². The van der Waals surface area contributed by atoms with E-state index >= 15 is 0 Å². The van der Waals surface area contributed by atoms with Crippen molar-refractivity contribution in [3.8, 4) is 0 Å². The maximum absolute atomic E-state index is 11.7. The first-order chi connectivity index (χ1) is 7.54. The number of methoxy groups -OCH3 is 1. The molecule has 0 saturated heterocycles. The summed E-state index contributed by atoms with van der Waals surface area (Å²) < 4.78 is 5.33. The van der Waals surface area contributed by atoms with E-state index in [0.717, 1.165) is 19.3 Å². The summed E-state index contributed by atoms with van der Waals surface area (Å²) in [4.78, 5) is 11.7. The predicted octanol–water partition coefficient (Wildman–Crippen LogP) is 1.04. The number of nitrogens with two attached hydrogens (primary N) is 1. The van der Waals surface area contributed by atoms with Crippen LogP contribution in [0.15, 0.2) is 0 Å². The van der Waals surface area contributed by atoms with Crippen molar-refractivity contribution in [3.63, 3.8) is 0 Å². The first-order valence-corrected chi connectivity index (χ1v) is 6.12. The third-order valence-electron chi connectivity index (χ3n) is 3.38. The topological polar surface area (TPSA) is 64.3 Å². The fraction of sp³-hybridized carbons (Fsp3) is 0.917. The zero-order valence-electron chi connectivity index (χ0n) is 10.5. The van der Waals surface area contributed by atoms with Crippen molar-refractivity contribution in [2.24, 2.45) is 11.7 Å². The van der Waals surface area contributed by atoms with Crippen LogP contribution in [0, 0.1) is 5.92 Å². The van der Waals surface area contributed by atoms with Crippen molar-refractivity contribution >= 4 is 5.91 Å². The molecule has 4 nitrogen and oxygen atoms in total. The molecule has 0 aromatic heterocycles. The molecule has 1 aliphatic carbocycles. The molecule has 4 heteroatoms. The van der Waals surface area contributed by atoms with Crippen LogP contribution in [0.4, 0.5) is 0 Å². The molecule has 0 radical (unpaired) electrons. The van der Waals surface area contributed by atoms with Crippen LogP contribution in [-0.4, -0.2) is 31.2 Å². The molecule has 0 spiro atoms. The van der Waals surface area contributed by atoms with E-state index in [1.165, 1.54) is 0 Å². The van der Waals surface area contributed by atoms with Crippen molar-refractivity contribution in [3.05, 3.63) is 0 Å². The zero-order valence-corrected chi connectivity index (χ0v) is 10.5. The van der Waals surface area contributed by atoms with E-state index in [9.17, 15) is 4.79 Å². The maximum Gasteiger partial charge on any atom is 0.221 e. The van der Waals surface area contributed by atoms with Gasteiger partial charge in [0, 0.05) is 19.6 Å². The summed E-state index contributed by atoms with van der Waals surface area (Å²) in [6, 6.07) is 0.124. The van der Waals surface area contributed by atoms with Gasteiger partial charge >= 0.3 is 0 Å². The molecule has 3 atom stereocenters. The van der Waals surface area contributed by atoms with Crippen LogP contribution in [0.1, 0.15) is 39.5 Å². The van der Waals surface area contributed by atoms with Crippen LogP contribution >= 0.6 is 0 Å². The van der Waals surface area contributed by atoms with Gasteiger partial charge in [-0.2, -0.15) is 0 Å². The van der Waals surface area contributed by atoms with Crippen molar-refractivity contribution < 1.29 is 9.53 Å². The molecule has 1 saturated carbocycles. The first-order valence-electron chi connectivity index (χ1n) is 6.12. The van der Waals surface area contributed by atoms with Crippen LogP contribution in [0.5, 0.6) is 0 Å². The number of ether oxygens (including phenoxy) is 1. The SMILES string of the molecule is COC1CCCC1NC(=O)CC(N)C(C)C. The third kappa shape index (κ3) is 3.76. The van der Waals surface area contributed by atoms with Gasteiger partial charge in [-0.05, 0) is 25.2 Å². The lowest BCUT2D eigenvalue weighted by atomic mass is 10.0. The predicted molar refractivity (Wildman–Crippen MR) is 64.0 cm³/mol. The lowest BCUT2D eigenvalue weighted by molar-refractivity contribution is -0.123. The molecular formula is C12H24N2O2. The molecule has 3 N–H and O–H groups in total. The van der Waals surface area contributed by atoms with E-state index in [2.05, 4.69) is 5.32 Å². The minimum atomic E-state index is -0.0533. The van der Waals surface area contributed by atoms with Crippen molar-refractivity contribution in [2.45, 2.75) is 57.7 Å². The fourth-order valence-corrected chi connectivity index (χ4v) is 2.09. The molecule has 0 heterocycles. The Kier molecular flexibility index (Phi) is 5.22. The molecule has 1 aliphatic rings. The Labute approximate surface area is 97.9 Å². The molecule has 0 aromatic rings. The van der Waals surface area contributed by atoms with E-state index in [4.69, 9.17) is 10.5 Å². The smallest absolute Gasteiger partial charge is 0.221 e. The molecule has 0 aliphatic heterocycles. The lowest BCUT2D eigenvalue weighted by Gasteiger charge is -2.21. The van der Waals surface area contributed by atoms with Gasteiger partial charge in [-0.15, -0.1) is 0 Å². The Bertz CT molecular complexity index is 231. The van der Waals surface area contributed by atoms with Crippen LogP contribution in [-0.2, 0) is 9.53 Å². The highest BCUT2D eigenvalue weighted by Crippen LogP contribution is 2.21. The number of hydrogen-bond acceptors (Lipinski definition) is 3. The molecule has 1 fully saturated rings. The average Bonchev–Trinajstić information content (AvgIpc) is 2.64. The standard InChI is InChI=1S/C12H24N2O2/c1-8(2)9(13)7-12(15)14-10-5-4-6-11(10)16-3/h8-11H,4-7,13H2,1-3H3,(H,14,15). The highest BCUT2D eigenvalue weighted by molar-refractivity contribution is 5.77. The molecule has 94 valence electrons. The van der Waals surface area contributed by atoms with Gasteiger partial charge in [0.15, 0.2) is 0 Å². The van der Waals surface area contributed by atoms with Gasteiger partial charge in [-0.3, -0.25) is 4.79 Å². The van der Waals surface area contributed by atoms with Gasteiger partial charge in [0.25, 0.3) is 0 Å². The number of nitrogens with one attached hydrogen (secondary N) is 1. The van der Waals surface area contributed by atoms with E-state index in [0.29, 0.717) is 12.3 Å². The Morgan fingerprint density at radius 3 is 2.75 bits per heavy atom. The number of carbonyl (C=O) groups excluding carboxylic acids is 1. The molecule has 3 unspecified atom stereocenters. The van der Waals surface area contributed by atoms with E-state index in [-0.39, 0.29) is 24.1 Å². The summed E-state index contributed by atoms with van der Waals surface area (Å²) in [5.41, 5.74) is 5.87. The molecule has 0 aromatic carbocycles. The monoisotopic (exact) mass is 228 g/mol.